The maximum absolute atomic E-state index is 12.3. The predicted molar refractivity (Wildman–Crippen MR) is 77.1 cm³/mol. The van der Waals surface area contributed by atoms with Crippen LogP contribution in [0.5, 0.6) is 0 Å². The zero-order valence-corrected chi connectivity index (χ0v) is 12.6. The van der Waals surface area contributed by atoms with E-state index in [9.17, 15) is 13.2 Å². The van der Waals surface area contributed by atoms with Crippen molar-refractivity contribution in [3.63, 3.8) is 0 Å². The van der Waals surface area contributed by atoms with E-state index >= 15 is 0 Å². The fourth-order valence-electron chi connectivity index (χ4n) is 3.18. The molecular formula is C14H25F3N4. The van der Waals surface area contributed by atoms with Crippen LogP contribution in [-0.2, 0) is 0 Å². The average Bonchev–Trinajstić information content (AvgIpc) is 2.81. The molecule has 2 rings (SSSR count). The van der Waals surface area contributed by atoms with Crippen molar-refractivity contribution < 1.29 is 13.2 Å². The van der Waals surface area contributed by atoms with Crippen molar-refractivity contribution in [2.24, 2.45) is 22.6 Å². The van der Waals surface area contributed by atoms with Crippen LogP contribution in [-0.4, -0.2) is 61.2 Å². The lowest BCUT2D eigenvalue weighted by atomic mass is 10.0. The van der Waals surface area contributed by atoms with E-state index in [-0.39, 0.29) is 5.92 Å². The summed E-state index contributed by atoms with van der Waals surface area (Å²) in [5, 5.41) is 0. The number of halogens is 3. The molecule has 2 aliphatic heterocycles. The van der Waals surface area contributed by atoms with Crippen LogP contribution >= 0.6 is 0 Å². The van der Waals surface area contributed by atoms with Gasteiger partial charge in [0.05, 0.1) is 6.54 Å². The molecule has 2 unspecified atom stereocenters. The number of alkyl halides is 3. The minimum atomic E-state index is -4.11. The molecule has 2 atom stereocenters. The smallest absolute Gasteiger partial charge is 0.370 e. The molecule has 0 radical (unpaired) electrons. The van der Waals surface area contributed by atoms with E-state index in [2.05, 4.69) is 16.8 Å². The quantitative estimate of drug-likeness (QED) is 0.640. The highest BCUT2D eigenvalue weighted by Crippen LogP contribution is 2.23. The molecule has 2 aliphatic rings. The summed E-state index contributed by atoms with van der Waals surface area (Å²) in [6, 6.07) is 0. The first-order valence-electron chi connectivity index (χ1n) is 7.67. The van der Waals surface area contributed by atoms with Crippen molar-refractivity contribution in [1.29, 1.82) is 0 Å². The van der Waals surface area contributed by atoms with E-state index in [0.29, 0.717) is 31.5 Å². The number of nitrogens with zero attached hydrogens (tertiary/aromatic N) is 3. The van der Waals surface area contributed by atoms with Crippen molar-refractivity contribution in [2.75, 3.05) is 39.3 Å². The van der Waals surface area contributed by atoms with Crippen LogP contribution in [0, 0.1) is 11.8 Å². The number of hydrogen-bond acceptors (Lipinski definition) is 2. The number of nitrogens with two attached hydrogens (primary N) is 1. The third-order valence-corrected chi connectivity index (χ3v) is 4.27. The Hall–Kier alpha value is -0.980. The second-order valence-electron chi connectivity index (χ2n) is 6.40. The molecule has 2 N–H and O–H groups in total. The van der Waals surface area contributed by atoms with Gasteiger partial charge in [0.2, 0.25) is 0 Å². The van der Waals surface area contributed by atoms with Gasteiger partial charge in [0.15, 0.2) is 5.96 Å². The minimum absolute atomic E-state index is 0.188. The van der Waals surface area contributed by atoms with Gasteiger partial charge in [-0.15, -0.1) is 0 Å². The van der Waals surface area contributed by atoms with E-state index in [0.717, 1.165) is 25.9 Å². The van der Waals surface area contributed by atoms with Crippen molar-refractivity contribution in [3.8, 4) is 0 Å². The first-order valence-corrected chi connectivity index (χ1v) is 7.67. The van der Waals surface area contributed by atoms with Gasteiger partial charge in [-0.05, 0) is 37.6 Å². The molecule has 0 spiro atoms. The van der Waals surface area contributed by atoms with Gasteiger partial charge >= 0.3 is 6.18 Å². The fraction of sp³-hybridized carbons (Fsp3) is 0.929. The summed E-state index contributed by atoms with van der Waals surface area (Å²) in [5.41, 5.74) is 6.01. The van der Waals surface area contributed by atoms with Crippen molar-refractivity contribution in [2.45, 2.75) is 32.4 Å². The van der Waals surface area contributed by atoms with E-state index in [1.807, 2.05) is 0 Å². The summed E-state index contributed by atoms with van der Waals surface area (Å²) in [5.74, 6) is 1.37. The number of piperidine rings is 1. The number of rotatable bonds is 3. The van der Waals surface area contributed by atoms with Crippen molar-refractivity contribution >= 4 is 5.96 Å². The summed E-state index contributed by atoms with van der Waals surface area (Å²) < 4.78 is 37.0. The molecule has 2 saturated heterocycles. The third kappa shape index (κ3) is 5.37. The average molecular weight is 306 g/mol. The molecule has 7 heteroatoms. The van der Waals surface area contributed by atoms with Gasteiger partial charge in [0, 0.05) is 26.2 Å². The number of likely N-dealkylation sites (tertiary alicyclic amines) is 2. The number of hydrogen-bond donors (Lipinski definition) is 1. The van der Waals surface area contributed by atoms with Gasteiger partial charge in [0.25, 0.3) is 0 Å². The Kier molecular flexibility index (Phi) is 5.35. The van der Waals surface area contributed by atoms with E-state index in [1.165, 1.54) is 11.3 Å². The maximum Gasteiger partial charge on any atom is 0.401 e. The summed E-state index contributed by atoms with van der Waals surface area (Å²) in [6.07, 6.45) is -0.997. The zero-order valence-electron chi connectivity index (χ0n) is 12.6. The Morgan fingerprint density at radius 1 is 1.24 bits per heavy atom. The normalized spacial score (nSPS) is 29.1. The summed E-state index contributed by atoms with van der Waals surface area (Å²) in [6.45, 7) is 4.75. The lowest BCUT2D eigenvalue weighted by molar-refractivity contribution is -0.143. The molecule has 2 heterocycles. The van der Waals surface area contributed by atoms with Crippen LogP contribution in [0.2, 0.25) is 0 Å². The molecule has 4 nitrogen and oxygen atoms in total. The molecule has 0 aromatic carbocycles. The van der Waals surface area contributed by atoms with Gasteiger partial charge in [-0.1, -0.05) is 6.92 Å². The molecule has 0 aromatic heterocycles. The minimum Gasteiger partial charge on any atom is -0.370 e. The van der Waals surface area contributed by atoms with Crippen LogP contribution in [0.4, 0.5) is 13.2 Å². The highest BCUT2D eigenvalue weighted by Gasteiger charge is 2.34. The highest BCUT2D eigenvalue weighted by molar-refractivity contribution is 5.78. The number of guanidine groups is 1. The summed E-state index contributed by atoms with van der Waals surface area (Å²) in [4.78, 5) is 7.96. The summed E-state index contributed by atoms with van der Waals surface area (Å²) >= 11 is 0. The molecule has 122 valence electrons. The third-order valence-electron chi connectivity index (χ3n) is 4.27. The monoisotopic (exact) mass is 306 g/mol. The Balaban J connectivity index is 1.76. The Bertz CT molecular complexity index is 370. The van der Waals surface area contributed by atoms with E-state index < -0.39 is 12.7 Å². The van der Waals surface area contributed by atoms with Crippen LogP contribution < -0.4 is 5.73 Å². The maximum atomic E-state index is 12.3. The molecule has 0 bridgehead atoms. The standard InChI is InChI=1S/C14H25F3N4/c1-11-3-2-5-21(8-11)13(18)19-7-12-4-6-20(9-12)10-14(15,16)17/h11-12H,2-10H2,1H3,(H2,18,19). The SMILES string of the molecule is CC1CCCN(C(N)=NCC2CCN(CC(F)(F)F)C2)C1. The number of aliphatic imine (C=N–C) groups is 1. The van der Waals surface area contributed by atoms with Crippen LogP contribution in [0.25, 0.3) is 0 Å². The summed E-state index contributed by atoms with van der Waals surface area (Å²) in [7, 11) is 0. The topological polar surface area (TPSA) is 44.9 Å². The lowest BCUT2D eigenvalue weighted by Crippen LogP contribution is -2.43. The zero-order chi connectivity index (χ0) is 15.5. The molecule has 0 saturated carbocycles. The van der Waals surface area contributed by atoms with Crippen LogP contribution in [0.15, 0.2) is 4.99 Å². The second-order valence-corrected chi connectivity index (χ2v) is 6.40. The Labute approximate surface area is 124 Å². The van der Waals surface area contributed by atoms with Crippen molar-refractivity contribution in [1.82, 2.24) is 9.80 Å². The van der Waals surface area contributed by atoms with Crippen molar-refractivity contribution in [3.05, 3.63) is 0 Å². The van der Waals surface area contributed by atoms with Gasteiger partial charge in [-0.3, -0.25) is 9.89 Å². The lowest BCUT2D eigenvalue weighted by Gasteiger charge is -2.31. The van der Waals surface area contributed by atoms with Gasteiger partial charge < -0.3 is 10.6 Å². The highest BCUT2D eigenvalue weighted by atomic mass is 19.4. The van der Waals surface area contributed by atoms with Gasteiger partial charge in [-0.25, -0.2) is 0 Å². The first-order chi connectivity index (χ1) is 9.83. The molecular weight excluding hydrogens is 281 g/mol. The molecule has 2 fully saturated rings. The van der Waals surface area contributed by atoms with Crippen LogP contribution in [0.3, 0.4) is 0 Å². The Morgan fingerprint density at radius 3 is 2.67 bits per heavy atom. The van der Waals surface area contributed by atoms with Gasteiger partial charge in [0.1, 0.15) is 0 Å². The molecule has 21 heavy (non-hydrogen) atoms. The first kappa shape index (κ1) is 16.4. The molecule has 0 aromatic rings. The second kappa shape index (κ2) is 6.85. The van der Waals surface area contributed by atoms with E-state index in [4.69, 9.17) is 5.73 Å². The van der Waals surface area contributed by atoms with Crippen LogP contribution in [0.1, 0.15) is 26.2 Å². The fourth-order valence-corrected chi connectivity index (χ4v) is 3.18. The molecule has 0 aliphatic carbocycles. The Morgan fingerprint density at radius 2 is 2.00 bits per heavy atom. The molecule has 0 amide bonds. The van der Waals surface area contributed by atoms with E-state index in [1.54, 1.807) is 0 Å². The largest absolute Gasteiger partial charge is 0.401 e. The van der Waals surface area contributed by atoms with Gasteiger partial charge in [-0.2, -0.15) is 13.2 Å². The predicted octanol–water partition coefficient (Wildman–Crippen LogP) is 1.92.